The summed E-state index contributed by atoms with van der Waals surface area (Å²) in [5.74, 6) is 0.0437. The molecule has 2 aliphatic rings. The molecule has 1 N–H and O–H groups in total. The van der Waals surface area contributed by atoms with Crippen molar-refractivity contribution in [2.24, 2.45) is 10.2 Å². The average molecular weight is 180 g/mol. The van der Waals surface area contributed by atoms with Gasteiger partial charge in [0.05, 0.1) is 12.8 Å². The van der Waals surface area contributed by atoms with Crippen LogP contribution in [0.4, 0.5) is 0 Å². The Morgan fingerprint density at radius 2 is 2.15 bits per heavy atom. The largest absolute Gasteiger partial charge is 0.273 e. The topological polar surface area (TPSA) is 74.1 Å². The Morgan fingerprint density at radius 1 is 1.38 bits per heavy atom. The summed E-state index contributed by atoms with van der Waals surface area (Å²) in [6, 6.07) is 0. The Labute approximate surface area is 74.3 Å². The van der Waals surface area contributed by atoms with Crippen molar-refractivity contribution >= 4 is 23.4 Å². The van der Waals surface area contributed by atoms with E-state index in [1.165, 1.54) is 5.01 Å². The fourth-order valence-electron chi connectivity index (χ4n) is 1.23. The predicted octanol–water partition coefficient (Wildman–Crippen LogP) is -0.572. The van der Waals surface area contributed by atoms with Crippen LogP contribution in [0.5, 0.6) is 0 Å². The van der Waals surface area contributed by atoms with E-state index >= 15 is 0 Å². The van der Waals surface area contributed by atoms with Gasteiger partial charge in [0.25, 0.3) is 5.91 Å². The van der Waals surface area contributed by atoms with Gasteiger partial charge in [-0.1, -0.05) is 0 Å². The monoisotopic (exact) mass is 180 g/mol. The number of nitrogens with zero attached hydrogens (tertiary/aromatic N) is 3. The number of rotatable bonds is 0. The van der Waals surface area contributed by atoms with Gasteiger partial charge in [-0.15, -0.1) is 0 Å². The van der Waals surface area contributed by atoms with Gasteiger partial charge in [-0.2, -0.15) is 15.2 Å². The molecule has 6 nitrogen and oxygen atoms in total. The number of carbonyl (C=O) groups is 2. The third-order valence-electron chi connectivity index (χ3n) is 1.79. The Morgan fingerprint density at radius 3 is 2.62 bits per heavy atom. The molecule has 0 fully saturated rings. The van der Waals surface area contributed by atoms with Crippen LogP contribution in [0.25, 0.3) is 0 Å². The minimum atomic E-state index is -0.206. The molecule has 0 aliphatic carbocycles. The lowest BCUT2D eigenvalue weighted by molar-refractivity contribution is -0.125. The first-order valence-electron chi connectivity index (χ1n) is 3.89. The normalized spacial score (nSPS) is 21.8. The lowest BCUT2D eigenvalue weighted by Gasteiger charge is -2.07. The number of nitrogens with one attached hydrogen (secondary N) is 1. The van der Waals surface area contributed by atoms with Crippen LogP contribution < -0.4 is 5.43 Å². The number of hydrazone groups is 2. The minimum Gasteiger partial charge on any atom is -0.273 e. The summed E-state index contributed by atoms with van der Waals surface area (Å²) in [5, 5.41) is 8.85. The van der Waals surface area contributed by atoms with E-state index in [-0.39, 0.29) is 18.2 Å². The highest BCUT2D eigenvalue weighted by molar-refractivity contribution is 6.15. The van der Waals surface area contributed by atoms with Crippen LogP contribution in [0, 0.1) is 0 Å². The summed E-state index contributed by atoms with van der Waals surface area (Å²) in [6.07, 6.45) is 0.440. The number of hydrogen-bond acceptors (Lipinski definition) is 4. The summed E-state index contributed by atoms with van der Waals surface area (Å²) in [7, 11) is 0. The van der Waals surface area contributed by atoms with Crippen LogP contribution >= 0.6 is 0 Å². The van der Waals surface area contributed by atoms with Crippen molar-refractivity contribution in [1.29, 1.82) is 0 Å². The SMILES string of the molecule is CC1=NN(C2=NNC(=O)C2)C(=O)C1. The van der Waals surface area contributed by atoms with E-state index < -0.39 is 0 Å². The van der Waals surface area contributed by atoms with Crippen molar-refractivity contribution in [2.75, 3.05) is 0 Å². The second-order valence-corrected chi connectivity index (χ2v) is 2.96. The molecule has 2 heterocycles. The van der Waals surface area contributed by atoms with Crippen LogP contribution in [-0.4, -0.2) is 28.4 Å². The van der Waals surface area contributed by atoms with Crippen molar-refractivity contribution in [3.63, 3.8) is 0 Å². The molecule has 2 amide bonds. The van der Waals surface area contributed by atoms with Crippen molar-refractivity contribution in [1.82, 2.24) is 10.4 Å². The fraction of sp³-hybridized carbons (Fsp3) is 0.429. The first-order valence-corrected chi connectivity index (χ1v) is 3.89. The van der Waals surface area contributed by atoms with Gasteiger partial charge in [0.1, 0.15) is 0 Å². The van der Waals surface area contributed by atoms with E-state index in [0.29, 0.717) is 12.3 Å². The van der Waals surface area contributed by atoms with Gasteiger partial charge in [0, 0.05) is 5.71 Å². The maximum atomic E-state index is 11.3. The number of hydrogen-bond donors (Lipinski definition) is 1. The molecule has 6 heteroatoms. The Bertz CT molecular complexity index is 344. The molecule has 0 saturated carbocycles. The zero-order chi connectivity index (χ0) is 9.42. The van der Waals surface area contributed by atoms with E-state index in [4.69, 9.17) is 0 Å². The molecular weight excluding hydrogens is 172 g/mol. The Kier molecular flexibility index (Phi) is 1.61. The molecule has 0 bridgehead atoms. The smallest absolute Gasteiger partial charge is 0.254 e. The van der Waals surface area contributed by atoms with Gasteiger partial charge >= 0.3 is 0 Å². The number of amidine groups is 1. The molecule has 0 spiro atoms. The quantitative estimate of drug-likeness (QED) is 0.542. The van der Waals surface area contributed by atoms with Gasteiger partial charge < -0.3 is 0 Å². The van der Waals surface area contributed by atoms with E-state index in [9.17, 15) is 9.59 Å². The van der Waals surface area contributed by atoms with E-state index in [1.807, 2.05) is 0 Å². The highest BCUT2D eigenvalue weighted by atomic mass is 16.2. The lowest BCUT2D eigenvalue weighted by atomic mass is 10.3. The zero-order valence-electron chi connectivity index (χ0n) is 7.07. The molecule has 0 unspecified atom stereocenters. The average Bonchev–Trinajstić information content (AvgIpc) is 2.58. The third kappa shape index (κ3) is 1.30. The maximum Gasteiger partial charge on any atom is 0.254 e. The lowest BCUT2D eigenvalue weighted by Crippen LogP contribution is -2.27. The summed E-state index contributed by atoms with van der Waals surface area (Å²) < 4.78 is 0. The number of carbonyl (C=O) groups excluding carboxylic acids is 2. The third-order valence-corrected chi connectivity index (χ3v) is 1.79. The molecule has 0 saturated heterocycles. The standard InChI is InChI=1S/C7H8N4O2/c1-4-2-7(13)11(10-4)5-3-6(12)9-8-5/h2-3H2,1H3,(H,9,12). The first-order chi connectivity index (χ1) is 6.16. The molecular formula is C7H8N4O2. The van der Waals surface area contributed by atoms with Crippen molar-refractivity contribution < 1.29 is 9.59 Å². The molecule has 68 valence electrons. The molecule has 0 radical (unpaired) electrons. The predicted molar refractivity (Wildman–Crippen MR) is 44.8 cm³/mol. The second-order valence-electron chi connectivity index (χ2n) is 2.96. The highest BCUT2D eigenvalue weighted by Crippen LogP contribution is 2.12. The van der Waals surface area contributed by atoms with Crippen LogP contribution in [0.3, 0.4) is 0 Å². The van der Waals surface area contributed by atoms with Crippen molar-refractivity contribution in [3.8, 4) is 0 Å². The molecule has 0 aromatic carbocycles. The summed E-state index contributed by atoms with van der Waals surface area (Å²) in [5.41, 5.74) is 3.01. The van der Waals surface area contributed by atoms with Crippen molar-refractivity contribution in [3.05, 3.63) is 0 Å². The van der Waals surface area contributed by atoms with E-state index in [2.05, 4.69) is 15.6 Å². The Balaban J connectivity index is 2.18. The minimum absolute atomic E-state index is 0.127. The molecule has 2 rings (SSSR count). The summed E-state index contributed by atoms with van der Waals surface area (Å²) in [6.45, 7) is 1.77. The fourth-order valence-corrected chi connectivity index (χ4v) is 1.23. The van der Waals surface area contributed by atoms with Crippen LogP contribution in [-0.2, 0) is 9.59 Å². The zero-order valence-corrected chi connectivity index (χ0v) is 7.07. The van der Waals surface area contributed by atoms with Crippen molar-refractivity contribution in [2.45, 2.75) is 19.8 Å². The van der Waals surface area contributed by atoms with E-state index in [0.717, 1.165) is 5.71 Å². The second kappa shape index (κ2) is 2.65. The molecule has 0 aromatic rings. The van der Waals surface area contributed by atoms with Gasteiger partial charge in [0.15, 0.2) is 5.84 Å². The first kappa shape index (κ1) is 7.90. The molecule has 2 aliphatic heterocycles. The highest BCUT2D eigenvalue weighted by Gasteiger charge is 2.29. The van der Waals surface area contributed by atoms with Crippen LogP contribution in [0.2, 0.25) is 0 Å². The molecule has 0 atom stereocenters. The van der Waals surface area contributed by atoms with E-state index in [1.54, 1.807) is 6.92 Å². The Hall–Kier alpha value is -1.72. The summed E-state index contributed by atoms with van der Waals surface area (Å²) in [4.78, 5) is 22.1. The molecule has 13 heavy (non-hydrogen) atoms. The molecule has 0 aromatic heterocycles. The summed E-state index contributed by atoms with van der Waals surface area (Å²) >= 11 is 0. The number of amides is 2. The van der Waals surface area contributed by atoms with Gasteiger partial charge in [-0.3, -0.25) is 9.59 Å². The van der Waals surface area contributed by atoms with Gasteiger partial charge in [-0.05, 0) is 6.92 Å². The maximum absolute atomic E-state index is 11.3. The van der Waals surface area contributed by atoms with Gasteiger partial charge in [0.2, 0.25) is 5.91 Å². The van der Waals surface area contributed by atoms with Crippen LogP contribution in [0.1, 0.15) is 19.8 Å². The van der Waals surface area contributed by atoms with Crippen LogP contribution in [0.15, 0.2) is 10.2 Å². The van der Waals surface area contributed by atoms with Gasteiger partial charge in [-0.25, -0.2) is 5.43 Å².